The first-order valence-corrected chi connectivity index (χ1v) is 12.7. The molecule has 0 aliphatic carbocycles. The van der Waals surface area contributed by atoms with E-state index in [2.05, 4.69) is 65.0 Å². The van der Waals surface area contributed by atoms with E-state index in [1.54, 1.807) is 0 Å². The molecule has 1 atom stereocenters. The number of amides is 1. The van der Waals surface area contributed by atoms with Gasteiger partial charge in [-0.1, -0.05) is 17.7 Å². The number of hydrogen-bond donors (Lipinski definition) is 1. The highest BCUT2D eigenvalue weighted by atomic mass is 35.5. The van der Waals surface area contributed by atoms with E-state index < -0.39 is 0 Å². The van der Waals surface area contributed by atoms with Crippen LogP contribution in [0.3, 0.4) is 0 Å². The van der Waals surface area contributed by atoms with Crippen LogP contribution in [-0.4, -0.2) is 72.0 Å². The summed E-state index contributed by atoms with van der Waals surface area (Å²) in [6, 6.07) is 12.9. The van der Waals surface area contributed by atoms with Gasteiger partial charge < -0.3 is 19.7 Å². The number of anilines is 1. The van der Waals surface area contributed by atoms with Crippen LogP contribution in [0, 0.1) is 12.8 Å². The number of carbonyl (C=O) groups excluding carboxylic acids is 1. The predicted octanol–water partition coefficient (Wildman–Crippen LogP) is 4.96. The second kappa shape index (κ2) is 9.59. The quantitative estimate of drug-likeness (QED) is 0.574. The average molecular weight is 480 g/mol. The van der Waals surface area contributed by atoms with Crippen molar-refractivity contribution < 1.29 is 4.79 Å². The van der Waals surface area contributed by atoms with Crippen LogP contribution >= 0.6 is 11.6 Å². The predicted molar refractivity (Wildman–Crippen MR) is 140 cm³/mol. The summed E-state index contributed by atoms with van der Waals surface area (Å²) in [6.45, 7) is 5.52. The third-order valence-corrected chi connectivity index (χ3v) is 7.81. The minimum absolute atomic E-state index is 0.0537. The monoisotopic (exact) mass is 479 g/mol. The maximum atomic E-state index is 13.3. The third-order valence-electron chi connectivity index (χ3n) is 7.48. The Morgan fingerprint density at radius 2 is 1.88 bits per heavy atom. The molecule has 2 fully saturated rings. The van der Waals surface area contributed by atoms with Crippen LogP contribution in [0.25, 0.3) is 22.4 Å². The first-order valence-electron chi connectivity index (χ1n) is 12.4. The molecular weight excluding hydrogens is 446 g/mol. The Bertz CT molecular complexity index is 1180. The van der Waals surface area contributed by atoms with Crippen molar-refractivity contribution in [1.29, 1.82) is 0 Å². The molecule has 2 aliphatic rings. The number of aryl methyl sites for hydroxylation is 1. The van der Waals surface area contributed by atoms with Crippen molar-refractivity contribution in [3.8, 4) is 11.4 Å². The molecule has 180 valence electrons. The van der Waals surface area contributed by atoms with E-state index in [1.165, 1.54) is 5.56 Å². The number of benzene rings is 2. The Morgan fingerprint density at radius 3 is 2.65 bits per heavy atom. The van der Waals surface area contributed by atoms with Gasteiger partial charge in [0.2, 0.25) is 5.91 Å². The number of imidazole rings is 1. The molecule has 2 saturated heterocycles. The summed E-state index contributed by atoms with van der Waals surface area (Å²) in [5.41, 5.74) is 5.13. The summed E-state index contributed by atoms with van der Waals surface area (Å²) in [6.07, 6.45) is 4.11. The van der Waals surface area contributed by atoms with E-state index in [0.717, 1.165) is 80.0 Å². The number of rotatable bonds is 4. The summed E-state index contributed by atoms with van der Waals surface area (Å²) in [5.74, 6) is 1.16. The second-order valence-corrected chi connectivity index (χ2v) is 10.5. The topological polar surface area (TPSA) is 55.5 Å². The fourth-order valence-corrected chi connectivity index (χ4v) is 5.62. The number of fused-ring (bicyclic) bond motifs is 1. The summed E-state index contributed by atoms with van der Waals surface area (Å²) < 4.78 is 0. The van der Waals surface area contributed by atoms with Gasteiger partial charge in [-0.3, -0.25) is 4.79 Å². The smallest absolute Gasteiger partial charge is 0.227 e. The van der Waals surface area contributed by atoms with Crippen molar-refractivity contribution in [2.24, 2.45) is 5.92 Å². The molecule has 1 N–H and O–H groups in total. The zero-order valence-electron chi connectivity index (χ0n) is 20.4. The standard InChI is InChI=1S/C27H34ClN5O/c1-18-6-9-24-25(15-18)30-26(29-24)22-16-21(7-8-23(22)28)33-12-4-5-19(17-33)27(34)32-13-10-20(11-14-32)31(2)3/h6-9,15-16,19-20H,4-5,10-14,17H2,1-3H3,(H,29,30)/t19-/m1/s1. The third kappa shape index (κ3) is 4.66. The molecule has 6 nitrogen and oxygen atoms in total. The van der Waals surface area contributed by atoms with E-state index in [0.29, 0.717) is 17.0 Å². The minimum atomic E-state index is 0.0537. The van der Waals surface area contributed by atoms with E-state index >= 15 is 0 Å². The fourth-order valence-electron chi connectivity index (χ4n) is 5.42. The Labute approximate surface area is 206 Å². The SMILES string of the molecule is Cc1ccc2nc(-c3cc(N4CCC[C@@H](C(=O)N5CCC(N(C)C)CC5)C4)ccc3Cl)[nH]c2c1. The first kappa shape index (κ1) is 23.2. The summed E-state index contributed by atoms with van der Waals surface area (Å²) >= 11 is 6.60. The Kier molecular flexibility index (Phi) is 6.54. The number of aromatic amines is 1. The minimum Gasteiger partial charge on any atom is -0.371 e. The maximum Gasteiger partial charge on any atom is 0.227 e. The molecule has 0 radical (unpaired) electrons. The number of aromatic nitrogens is 2. The number of likely N-dealkylation sites (tertiary alicyclic amines) is 1. The molecule has 7 heteroatoms. The first-order chi connectivity index (χ1) is 16.4. The van der Waals surface area contributed by atoms with Crippen molar-refractivity contribution in [3.63, 3.8) is 0 Å². The van der Waals surface area contributed by atoms with Crippen molar-refractivity contribution in [3.05, 3.63) is 47.0 Å². The van der Waals surface area contributed by atoms with Crippen LogP contribution in [0.2, 0.25) is 5.02 Å². The van der Waals surface area contributed by atoms with Crippen molar-refractivity contribution in [2.75, 3.05) is 45.2 Å². The number of hydrogen-bond acceptors (Lipinski definition) is 4. The van der Waals surface area contributed by atoms with Gasteiger partial charge in [0.25, 0.3) is 0 Å². The van der Waals surface area contributed by atoms with Crippen LogP contribution in [0.15, 0.2) is 36.4 Å². The molecule has 1 amide bonds. The molecule has 5 rings (SSSR count). The molecule has 1 aromatic heterocycles. The summed E-state index contributed by atoms with van der Waals surface area (Å²) in [4.78, 5) is 28.2. The lowest BCUT2D eigenvalue weighted by atomic mass is 9.94. The molecule has 3 heterocycles. The Morgan fingerprint density at radius 1 is 1.09 bits per heavy atom. The van der Waals surface area contributed by atoms with Gasteiger partial charge in [0.1, 0.15) is 5.82 Å². The van der Waals surface area contributed by atoms with Crippen LogP contribution in [-0.2, 0) is 4.79 Å². The van der Waals surface area contributed by atoms with Gasteiger partial charge in [-0.2, -0.15) is 0 Å². The van der Waals surface area contributed by atoms with Crippen molar-refractivity contribution in [1.82, 2.24) is 19.8 Å². The zero-order valence-corrected chi connectivity index (χ0v) is 21.1. The zero-order chi connectivity index (χ0) is 23.8. The Balaban J connectivity index is 1.32. The normalized spacial score (nSPS) is 19.9. The van der Waals surface area contributed by atoms with Crippen molar-refractivity contribution >= 4 is 34.2 Å². The highest BCUT2D eigenvalue weighted by Gasteiger charge is 2.32. The lowest BCUT2D eigenvalue weighted by Crippen LogP contribution is -2.49. The molecule has 3 aromatic rings. The molecule has 0 unspecified atom stereocenters. The molecule has 0 bridgehead atoms. The van der Waals surface area contributed by atoms with E-state index in [1.807, 2.05) is 12.1 Å². The average Bonchev–Trinajstić information content (AvgIpc) is 3.27. The van der Waals surface area contributed by atoms with Gasteiger partial charge in [0, 0.05) is 43.5 Å². The second-order valence-electron chi connectivity index (χ2n) is 10.1. The number of halogens is 1. The van der Waals surface area contributed by atoms with E-state index in [9.17, 15) is 4.79 Å². The van der Waals surface area contributed by atoms with Gasteiger partial charge in [-0.05, 0) is 82.6 Å². The van der Waals surface area contributed by atoms with Gasteiger partial charge in [0.15, 0.2) is 0 Å². The number of nitrogens with one attached hydrogen (secondary N) is 1. The summed E-state index contributed by atoms with van der Waals surface area (Å²) in [7, 11) is 4.27. The molecule has 2 aliphatic heterocycles. The van der Waals surface area contributed by atoms with Gasteiger partial charge in [0.05, 0.1) is 22.0 Å². The summed E-state index contributed by atoms with van der Waals surface area (Å²) in [5, 5.41) is 0.674. The molecule has 34 heavy (non-hydrogen) atoms. The number of piperidine rings is 2. The lowest BCUT2D eigenvalue weighted by Gasteiger charge is -2.39. The fraction of sp³-hybridized carbons (Fsp3) is 0.481. The molecular formula is C27H34ClN5O. The van der Waals surface area contributed by atoms with Gasteiger partial charge >= 0.3 is 0 Å². The number of nitrogens with zero attached hydrogens (tertiary/aromatic N) is 4. The van der Waals surface area contributed by atoms with Gasteiger partial charge in [-0.25, -0.2) is 4.98 Å². The molecule has 0 saturated carbocycles. The highest BCUT2D eigenvalue weighted by molar-refractivity contribution is 6.33. The van der Waals surface area contributed by atoms with Gasteiger partial charge in [-0.15, -0.1) is 0 Å². The van der Waals surface area contributed by atoms with E-state index in [4.69, 9.17) is 16.6 Å². The highest BCUT2D eigenvalue weighted by Crippen LogP contribution is 2.34. The van der Waals surface area contributed by atoms with Crippen LogP contribution in [0.5, 0.6) is 0 Å². The largest absolute Gasteiger partial charge is 0.371 e. The Hall–Kier alpha value is -2.57. The van der Waals surface area contributed by atoms with E-state index in [-0.39, 0.29) is 5.92 Å². The maximum absolute atomic E-state index is 13.3. The number of carbonyl (C=O) groups is 1. The molecule has 0 spiro atoms. The lowest BCUT2D eigenvalue weighted by molar-refractivity contribution is -0.137. The van der Waals surface area contributed by atoms with Crippen molar-refractivity contribution in [2.45, 2.75) is 38.6 Å². The van der Waals surface area contributed by atoms with Crippen LogP contribution < -0.4 is 4.90 Å². The molecule has 2 aromatic carbocycles. The number of H-pyrrole nitrogens is 1. The van der Waals surface area contributed by atoms with Crippen LogP contribution in [0.1, 0.15) is 31.2 Å². The van der Waals surface area contributed by atoms with Crippen LogP contribution in [0.4, 0.5) is 5.69 Å².